The lowest BCUT2D eigenvalue weighted by Gasteiger charge is -2.17. The fourth-order valence-corrected chi connectivity index (χ4v) is 1.55. The second kappa shape index (κ2) is 4.78. The highest BCUT2D eigenvalue weighted by Gasteiger charge is 2.33. The number of rotatable bonds is 5. The summed E-state index contributed by atoms with van der Waals surface area (Å²) in [5.74, 6) is 1.77. The molecule has 0 aromatic heterocycles. The Morgan fingerprint density at radius 3 is 2.64 bits per heavy atom. The van der Waals surface area contributed by atoms with Gasteiger partial charge in [0.05, 0.1) is 6.04 Å². The number of hydrogen-bond acceptors (Lipinski definition) is 2. The van der Waals surface area contributed by atoms with Gasteiger partial charge >= 0.3 is 0 Å². The highest BCUT2D eigenvalue weighted by molar-refractivity contribution is 5.81. The molecule has 0 saturated heterocycles. The summed E-state index contributed by atoms with van der Waals surface area (Å²) in [6.45, 7) is 7.10. The van der Waals surface area contributed by atoms with Crippen LogP contribution in [0.15, 0.2) is 0 Å². The normalized spacial score (nSPS) is 29.4. The van der Waals surface area contributed by atoms with E-state index >= 15 is 0 Å². The Morgan fingerprint density at radius 2 is 2.21 bits per heavy atom. The Bertz CT molecular complexity index is 205. The van der Waals surface area contributed by atoms with E-state index in [0.29, 0.717) is 5.92 Å². The van der Waals surface area contributed by atoms with Crippen molar-refractivity contribution in [3.05, 3.63) is 0 Å². The monoisotopic (exact) mass is 198 g/mol. The molecule has 1 amide bonds. The molecule has 14 heavy (non-hydrogen) atoms. The molecule has 0 aromatic carbocycles. The van der Waals surface area contributed by atoms with Crippen molar-refractivity contribution in [2.75, 3.05) is 6.54 Å². The molecule has 1 aliphatic rings. The zero-order valence-corrected chi connectivity index (χ0v) is 9.42. The van der Waals surface area contributed by atoms with Crippen molar-refractivity contribution >= 4 is 5.91 Å². The van der Waals surface area contributed by atoms with Crippen molar-refractivity contribution < 1.29 is 4.79 Å². The first-order chi connectivity index (χ1) is 6.56. The van der Waals surface area contributed by atoms with Crippen LogP contribution in [0.25, 0.3) is 0 Å². The minimum atomic E-state index is -0.339. The lowest BCUT2D eigenvalue weighted by Crippen LogP contribution is -2.45. The van der Waals surface area contributed by atoms with Gasteiger partial charge in [0.25, 0.3) is 0 Å². The first-order valence-electron chi connectivity index (χ1n) is 5.59. The quantitative estimate of drug-likeness (QED) is 0.696. The summed E-state index contributed by atoms with van der Waals surface area (Å²) in [6, 6.07) is -0.339. The number of hydrogen-bond donors (Lipinski definition) is 2. The molecule has 3 N–H and O–H groups in total. The van der Waals surface area contributed by atoms with E-state index in [0.717, 1.165) is 18.9 Å². The first kappa shape index (κ1) is 11.5. The summed E-state index contributed by atoms with van der Waals surface area (Å²) in [7, 11) is 0. The molecule has 1 fully saturated rings. The van der Waals surface area contributed by atoms with Crippen LogP contribution < -0.4 is 11.1 Å². The Labute approximate surface area is 86.4 Å². The molecule has 0 aliphatic heterocycles. The van der Waals surface area contributed by atoms with Crippen LogP contribution in [0.4, 0.5) is 0 Å². The van der Waals surface area contributed by atoms with Gasteiger partial charge in [-0.25, -0.2) is 0 Å². The molecular formula is C11H22N2O. The predicted octanol–water partition coefficient (Wildman–Crippen LogP) is 1.13. The van der Waals surface area contributed by atoms with Crippen LogP contribution in [0.2, 0.25) is 0 Å². The molecule has 4 atom stereocenters. The lowest BCUT2D eigenvalue weighted by molar-refractivity contribution is -0.123. The molecule has 0 spiro atoms. The molecule has 82 valence electrons. The molecule has 1 saturated carbocycles. The maximum Gasteiger partial charge on any atom is 0.237 e. The van der Waals surface area contributed by atoms with Crippen molar-refractivity contribution in [3.63, 3.8) is 0 Å². The first-order valence-corrected chi connectivity index (χ1v) is 5.59. The van der Waals surface area contributed by atoms with Crippen molar-refractivity contribution in [2.45, 2.75) is 39.7 Å². The molecule has 3 heteroatoms. The van der Waals surface area contributed by atoms with Crippen LogP contribution in [0.5, 0.6) is 0 Å². The summed E-state index contributed by atoms with van der Waals surface area (Å²) < 4.78 is 0. The smallest absolute Gasteiger partial charge is 0.237 e. The Morgan fingerprint density at radius 1 is 1.64 bits per heavy atom. The molecule has 1 rings (SSSR count). The zero-order chi connectivity index (χ0) is 10.7. The van der Waals surface area contributed by atoms with Crippen molar-refractivity contribution in [3.8, 4) is 0 Å². The van der Waals surface area contributed by atoms with Crippen LogP contribution in [0, 0.1) is 17.8 Å². The van der Waals surface area contributed by atoms with E-state index in [9.17, 15) is 4.79 Å². The summed E-state index contributed by atoms with van der Waals surface area (Å²) in [4.78, 5) is 11.5. The lowest BCUT2D eigenvalue weighted by atomic mass is 9.99. The van der Waals surface area contributed by atoms with Crippen LogP contribution in [-0.4, -0.2) is 18.5 Å². The van der Waals surface area contributed by atoms with Gasteiger partial charge in [0.2, 0.25) is 5.91 Å². The van der Waals surface area contributed by atoms with Gasteiger partial charge in [0.15, 0.2) is 0 Å². The average molecular weight is 198 g/mol. The third-order valence-electron chi connectivity index (χ3n) is 3.37. The van der Waals surface area contributed by atoms with E-state index in [2.05, 4.69) is 19.2 Å². The maximum atomic E-state index is 11.5. The fourth-order valence-electron chi connectivity index (χ4n) is 1.55. The molecule has 0 heterocycles. The molecule has 0 bridgehead atoms. The highest BCUT2D eigenvalue weighted by atomic mass is 16.2. The molecule has 0 radical (unpaired) electrons. The molecule has 2 unspecified atom stereocenters. The topological polar surface area (TPSA) is 55.1 Å². The average Bonchev–Trinajstić information content (AvgIpc) is 2.88. The van der Waals surface area contributed by atoms with E-state index < -0.39 is 0 Å². The van der Waals surface area contributed by atoms with E-state index in [-0.39, 0.29) is 17.9 Å². The largest absolute Gasteiger partial charge is 0.354 e. The van der Waals surface area contributed by atoms with E-state index in [4.69, 9.17) is 5.73 Å². The third kappa shape index (κ3) is 2.98. The van der Waals surface area contributed by atoms with Gasteiger partial charge in [-0.1, -0.05) is 27.2 Å². The fraction of sp³-hybridized carbons (Fsp3) is 0.909. The van der Waals surface area contributed by atoms with E-state index in [1.807, 2.05) is 6.92 Å². The predicted molar refractivity (Wildman–Crippen MR) is 57.7 cm³/mol. The Balaban J connectivity index is 2.20. The minimum Gasteiger partial charge on any atom is -0.354 e. The number of carbonyl (C=O) groups excluding carboxylic acids is 1. The number of nitrogens with one attached hydrogen (secondary N) is 1. The molecule has 3 nitrogen and oxygen atoms in total. The Hall–Kier alpha value is -0.570. The van der Waals surface area contributed by atoms with Gasteiger partial charge in [-0.05, 0) is 24.2 Å². The molecule has 1 aliphatic carbocycles. The van der Waals surface area contributed by atoms with Gasteiger partial charge in [0, 0.05) is 6.54 Å². The summed E-state index contributed by atoms with van der Waals surface area (Å²) in [5, 5.41) is 2.93. The molecular weight excluding hydrogens is 176 g/mol. The number of carbonyl (C=O) groups is 1. The maximum absolute atomic E-state index is 11.5. The SMILES string of the molecule is CC[C@H](C)[C@H](N)C(=O)NCC1CC1C. The second-order valence-electron chi connectivity index (χ2n) is 4.63. The van der Waals surface area contributed by atoms with Crippen molar-refractivity contribution in [1.29, 1.82) is 0 Å². The van der Waals surface area contributed by atoms with E-state index in [1.54, 1.807) is 0 Å². The van der Waals surface area contributed by atoms with Crippen molar-refractivity contribution in [1.82, 2.24) is 5.32 Å². The van der Waals surface area contributed by atoms with Crippen LogP contribution in [0.1, 0.15) is 33.6 Å². The number of amides is 1. The molecule has 0 aromatic rings. The second-order valence-corrected chi connectivity index (χ2v) is 4.63. The van der Waals surface area contributed by atoms with Crippen molar-refractivity contribution in [2.24, 2.45) is 23.5 Å². The Kier molecular flexibility index (Phi) is 3.93. The van der Waals surface area contributed by atoms with Crippen LogP contribution >= 0.6 is 0 Å². The van der Waals surface area contributed by atoms with Gasteiger partial charge in [-0.15, -0.1) is 0 Å². The van der Waals surface area contributed by atoms with Gasteiger partial charge < -0.3 is 11.1 Å². The third-order valence-corrected chi connectivity index (χ3v) is 3.37. The van der Waals surface area contributed by atoms with E-state index in [1.165, 1.54) is 6.42 Å². The highest BCUT2D eigenvalue weighted by Crippen LogP contribution is 2.36. The standard InChI is InChI=1S/C11H22N2O/c1-4-7(2)10(12)11(14)13-6-9-5-8(9)3/h7-10H,4-6,12H2,1-3H3,(H,13,14)/t7-,8?,9?,10-/m0/s1. The summed E-state index contributed by atoms with van der Waals surface area (Å²) >= 11 is 0. The zero-order valence-electron chi connectivity index (χ0n) is 9.42. The summed E-state index contributed by atoms with van der Waals surface area (Å²) in [5.41, 5.74) is 5.80. The van der Waals surface area contributed by atoms with Gasteiger partial charge in [-0.2, -0.15) is 0 Å². The minimum absolute atomic E-state index is 0.0125. The van der Waals surface area contributed by atoms with Gasteiger partial charge in [0.1, 0.15) is 0 Å². The van der Waals surface area contributed by atoms with Crippen LogP contribution in [0.3, 0.4) is 0 Å². The van der Waals surface area contributed by atoms with Crippen LogP contribution in [-0.2, 0) is 4.79 Å². The van der Waals surface area contributed by atoms with Gasteiger partial charge in [-0.3, -0.25) is 4.79 Å². The number of nitrogens with two attached hydrogens (primary N) is 1. The summed E-state index contributed by atoms with van der Waals surface area (Å²) in [6.07, 6.45) is 2.20.